The Morgan fingerprint density at radius 2 is 2.00 bits per heavy atom. The van der Waals surface area contributed by atoms with Gasteiger partial charge in [0.1, 0.15) is 0 Å². The third-order valence-electron chi connectivity index (χ3n) is 0.907. The average molecular weight is 142 g/mol. The van der Waals surface area contributed by atoms with E-state index in [1.807, 2.05) is 19.1 Å². The smallest absolute Gasteiger partial charge is 0.0650 e. The zero-order chi connectivity index (χ0) is 7.66. The van der Waals surface area contributed by atoms with Gasteiger partial charge < -0.3 is 9.84 Å². The summed E-state index contributed by atoms with van der Waals surface area (Å²) in [4.78, 5) is 0. The van der Waals surface area contributed by atoms with Gasteiger partial charge in [-0.15, -0.1) is 0 Å². The number of allylic oxidation sites excluding steroid dienone is 2. The van der Waals surface area contributed by atoms with E-state index in [1.165, 1.54) is 0 Å². The Kier molecular flexibility index (Phi) is 7.90. The topological polar surface area (TPSA) is 29.5 Å². The van der Waals surface area contributed by atoms with E-state index in [9.17, 15) is 0 Å². The summed E-state index contributed by atoms with van der Waals surface area (Å²) in [6.07, 6.45) is 7.21. The van der Waals surface area contributed by atoms with E-state index in [-0.39, 0.29) is 6.61 Å². The summed E-state index contributed by atoms with van der Waals surface area (Å²) in [7, 11) is 0. The molecule has 58 valence electrons. The van der Waals surface area contributed by atoms with Crippen LogP contribution in [0, 0.1) is 0 Å². The molecule has 0 rings (SSSR count). The molecular weight excluding hydrogens is 128 g/mol. The van der Waals surface area contributed by atoms with E-state index in [4.69, 9.17) is 9.84 Å². The fourth-order valence-electron chi connectivity index (χ4n) is 0.459. The summed E-state index contributed by atoms with van der Waals surface area (Å²) in [6.45, 7) is 3.44. The van der Waals surface area contributed by atoms with Gasteiger partial charge >= 0.3 is 0 Å². The third-order valence-corrected chi connectivity index (χ3v) is 0.907. The first-order valence-electron chi connectivity index (χ1n) is 3.42. The molecule has 0 aromatic carbocycles. The molecule has 0 aromatic heterocycles. The fraction of sp³-hybridized carbons (Fsp3) is 0.500. The Bertz CT molecular complexity index is 106. The van der Waals surface area contributed by atoms with Gasteiger partial charge in [-0.05, 0) is 6.92 Å². The van der Waals surface area contributed by atoms with Crippen molar-refractivity contribution in [1.29, 1.82) is 0 Å². The van der Waals surface area contributed by atoms with Crippen molar-refractivity contribution in [3.8, 4) is 0 Å². The molecule has 0 atom stereocenters. The lowest BCUT2D eigenvalue weighted by atomic mass is 10.4. The van der Waals surface area contributed by atoms with Crippen LogP contribution in [0.5, 0.6) is 0 Å². The maximum absolute atomic E-state index is 8.32. The first kappa shape index (κ1) is 9.40. The minimum atomic E-state index is 0.0962. The van der Waals surface area contributed by atoms with Gasteiger partial charge in [0.05, 0.1) is 13.2 Å². The summed E-state index contributed by atoms with van der Waals surface area (Å²) in [5.41, 5.74) is 0. The molecular formula is C8H14O2. The predicted octanol–water partition coefficient (Wildman–Crippen LogP) is 1.13. The molecule has 0 aliphatic heterocycles. The van der Waals surface area contributed by atoms with Crippen LogP contribution in [0.3, 0.4) is 0 Å². The molecule has 0 saturated heterocycles. The Morgan fingerprint density at radius 1 is 1.30 bits per heavy atom. The van der Waals surface area contributed by atoms with E-state index in [2.05, 4.69) is 0 Å². The van der Waals surface area contributed by atoms with Crippen molar-refractivity contribution in [1.82, 2.24) is 0 Å². The summed E-state index contributed by atoms with van der Waals surface area (Å²) < 4.78 is 5.03. The Balaban J connectivity index is 3.11. The molecule has 0 radical (unpaired) electrons. The second-order valence-electron chi connectivity index (χ2n) is 1.70. The van der Waals surface area contributed by atoms with Crippen LogP contribution in [-0.4, -0.2) is 24.9 Å². The number of hydrogen-bond donors (Lipinski definition) is 1. The van der Waals surface area contributed by atoms with Gasteiger partial charge in [0.15, 0.2) is 0 Å². The van der Waals surface area contributed by atoms with E-state index in [1.54, 1.807) is 12.2 Å². The van der Waals surface area contributed by atoms with Crippen LogP contribution in [0.1, 0.15) is 6.92 Å². The van der Waals surface area contributed by atoms with Crippen molar-refractivity contribution in [2.24, 2.45) is 0 Å². The van der Waals surface area contributed by atoms with Crippen LogP contribution < -0.4 is 0 Å². The molecule has 0 unspecified atom stereocenters. The number of aliphatic hydroxyl groups excluding tert-OH is 1. The van der Waals surface area contributed by atoms with Crippen LogP contribution >= 0.6 is 0 Å². The quantitative estimate of drug-likeness (QED) is 0.460. The summed E-state index contributed by atoms with van der Waals surface area (Å²) in [5, 5.41) is 8.32. The lowest BCUT2D eigenvalue weighted by molar-refractivity contribution is 0.177. The maximum atomic E-state index is 8.32. The highest BCUT2D eigenvalue weighted by molar-refractivity contribution is 5.02. The molecule has 0 spiro atoms. The van der Waals surface area contributed by atoms with E-state index >= 15 is 0 Å². The average Bonchev–Trinajstić information content (AvgIpc) is 1.97. The largest absolute Gasteiger partial charge is 0.392 e. The molecule has 2 heteroatoms. The van der Waals surface area contributed by atoms with Gasteiger partial charge in [0.25, 0.3) is 0 Å². The van der Waals surface area contributed by atoms with E-state index in [0.717, 1.165) is 6.61 Å². The van der Waals surface area contributed by atoms with Gasteiger partial charge in [-0.25, -0.2) is 0 Å². The lowest BCUT2D eigenvalue weighted by Gasteiger charge is -1.90. The molecule has 10 heavy (non-hydrogen) atoms. The number of hydrogen-bond acceptors (Lipinski definition) is 2. The zero-order valence-corrected chi connectivity index (χ0v) is 6.29. The van der Waals surface area contributed by atoms with Gasteiger partial charge in [0.2, 0.25) is 0 Å². The van der Waals surface area contributed by atoms with E-state index in [0.29, 0.717) is 6.61 Å². The second kappa shape index (κ2) is 8.40. The van der Waals surface area contributed by atoms with Crippen molar-refractivity contribution >= 4 is 0 Å². The van der Waals surface area contributed by atoms with Crippen LogP contribution in [0.4, 0.5) is 0 Å². The summed E-state index contributed by atoms with van der Waals surface area (Å²) in [5.74, 6) is 0. The SMILES string of the molecule is CCOC/C=C/C=C/CO. The Hall–Kier alpha value is -0.600. The highest BCUT2D eigenvalue weighted by Gasteiger charge is 1.72. The Morgan fingerprint density at radius 3 is 2.60 bits per heavy atom. The molecule has 0 aliphatic carbocycles. The second-order valence-corrected chi connectivity index (χ2v) is 1.70. The molecule has 0 heterocycles. The monoisotopic (exact) mass is 142 g/mol. The van der Waals surface area contributed by atoms with Crippen LogP contribution in [0.25, 0.3) is 0 Å². The first-order valence-corrected chi connectivity index (χ1v) is 3.42. The van der Waals surface area contributed by atoms with Crippen molar-refractivity contribution in [2.45, 2.75) is 6.92 Å². The predicted molar refractivity (Wildman–Crippen MR) is 41.9 cm³/mol. The molecule has 0 bridgehead atoms. The minimum absolute atomic E-state index is 0.0962. The van der Waals surface area contributed by atoms with Crippen molar-refractivity contribution in [3.05, 3.63) is 24.3 Å². The molecule has 0 aromatic rings. The highest BCUT2D eigenvalue weighted by atomic mass is 16.5. The first-order chi connectivity index (χ1) is 4.91. The van der Waals surface area contributed by atoms with Crippen LogP contribution in [0.15, 0.2) is 24.3 Å². The summed E-state index contributed by atoms with van der Waals surface area (Å²) in [6, 6.07) is 0. The van der Waals surface area contributed by atoms with Crippen molar-refractivity contribution in [2.75, 3.05) is 19.8 Å². The fourth-order valence-corrected chi connectivity index (χ4v) is 0.459. The third kappa shape index (κ3) is 7.40. The van der Waals surface area contributed by atoms with E-state index < -0.39 is 0 Å². The lowest BCUT2D eigenvalue weighted by Crippen LogP contribution is -1.87. The van der Waals surface area contributed by atoms with Crippen molar-refractivity contribution < 1.29 is 9.84 Å². The van der Waals surface area contributed by atoms with Crippen LogP contribution in [-0.2, 0) is 4.74 Å². The zero-order valence-electron chi connectivity index (χ0n) is 6.29. The Labute approximate surface area is 61.8 Å². The number of aliphatic hydroxyl groups is 1. The molecule has 0 aliphatic rings. The van der Waals surface area contributed by atoms with Gasteiger partial charge in [-0.1, -0.05) is 24.3 Å². The standard InChI is InChI=1S/C8H14O2/c1-2-10-8-6-4-3-5-7-9/h3-6,9H,2,7-8H2,1H3/b5-3+,6-4+. The van der Waals surface area contributed by atoms with Crippen LogP contribution in [0.2, 0.25) is 0 Å². The minimum Gasteiger partial charge on any atom is -0.392 e. The maximum Gasteiger partial charge on any atom is 0.0650 e. The summed E-state index contributed by atoms with van der Waals surface area (Å²) >= 11 is 0. The molecule has 0 saturated carbocycles. The number of rotatable bonds is 5. The van der Waals surface area contributed by atoms with Gasteiger partial charge in [0, 0.05) is 6.61 Å². The number of ether oxygens (including phenoxy) is 1. The molecule has 1 N–H and O–H groups in total. The van der Waals surface area contributed by atoms with Gasteiger partial charge in [-0.2, -0.15) is 0 Å². The van der Waals surface area contributed by atoms with Crippen molar-refractivity contribution in [3.63, 3.8) is 0 Å². The van der Waals surface area contributed by atoms with Gasteiger partial charge in [-0.3, -0.25) is 0 Å². The molecule has 0 amide bonds. The normalized spacial score (nSPS) is 11.8. The highest BCUT2D eigenvalue weighted by Crippen LogP contribution is 1.78. The molecule has 2 nitrogen and oxygen atoms in total. The molecule has 0 fully saturated rings.